The molecule has 0 N–H and O–H groups in total. The molecule has 0 radical (unpaired) electrons. The summed E-state index contributed by atoms with van der Waals surface area (Å²) in [5.41, 5.74) is 0. The molecule has 0 aromatic heterocycles. The van der Waals surface area contributed by atoms with Gasteiger partial charge in [-0.3, -0.25) is 14.4 Å². The molecule has 0 aliphatic rings. The molecule has 0 heterocycles. The molecule has 83 heavy (non-hydrogen) atoms. The van der Waals surface area contributed by atoms with Crippen LogP contribution in [0.1, 0.15) is 445 Å². The lowest BCUT2D eigenvalue weighted by molar-refractivity contribution is -0.167. The molecular weight excluding hydrogens is 1020 g/mol. The lowest BCUT2D eigenvalue weighted by Gasteiger charge is -2.18. The Kier molecular flexibility index (Phi) is 71.0. The van der Waals surface area contributed by atoms with Crippen molar-refractivity contribution in [1.29, 1.82) is 0 Å². The first-order valence-electron chi connectivity index (χ1n) is 38.2. The van der Waals surface area contributed by atoms with Gasteiger partial charge >= 0.3 is 17.9 Å². The van der Waals surface area contributed by atoms with E-state index in [0.29, 0.717) is 19.3 Å². The normalized spacial score (nSPS) is 12.0. The molecular formula is C77H148O6. The first-order valence-corrected chi connectivity index (χ1v) is 38.2. The monoisotopic (exact) mass is 1170 g/mol. The van der Waals surface area contributed by atoms with E-state index < -0.39 is 6.10 Å². The van der Waals surface area contributed by atoms with Gasteiger partial charge in [-0.1, -0.05) is 392 Å². The fourth-order valence-corrected chi connectivity index (χ4v) is 12.0. The van der Waals surface area contributed by atoms with Crippen molar-refractivity contribution >= 4 is 17.9 Å². The Hall–Kier alpha value is -1.85. The van der Waals surface area contributed by atoms with Gasteiger partial charge in [0, 0.05) is 19.3 Å². The summed E-state index contributed by atoms with van der Waals surface area (Å²) >= 11 is 0. The van der Waals surface area contributed by atoms with E-state index in [4.69, 9.17) is 14.2 Å². The van der Waals surface area contributed by atoms with Crippen molar-refractivity contribution < 1.29 is 28.6 Å². The van der Waals surface area contributed by atoms with Crippen molar-refractivity contribution in [3.63, 3.8) is 0 Å². The maximum Gasteiger partial charge on any atom is 0.306 e. The molecule has 0 fully saturated rings. The molecule has 0 rings (SSSR count). The molecule has 0 aliphatic carbocycles. The molecule has 1 atom stereocenters. The zero-order chi connectivity index (χ0) is 59.9. The predicted molar refractivity (Wildman–Crippen MR) is 363 cm³/mol. The first kappa shape index (κ1) is 81.2. The van der Waals surface area contributed by atoms with Crippen molar-refractivity contribution in [3.05, 3.63) is 12.2 Å². The smallest absolute Gasteiger partial charge is 0.306 e. The Labute approximate surface area is 520 Å². The lowest BCUT2D eigenvalue weighted by Crippen LogP contribution is -2.30. The summed E-state index contributed by atoms with van der Waals surface area (Å²) in [7, 11) is 0. The average molecular weight is 1170 g/mol. The zero-order valence-electron chi connectivity index (χ0n) is 56.8. The number of esters is 3. The van der Waals surface area contributed by atoms with Gasteiger partial charge < -0.3 is 14.2 Å². The van der Waals surface area contributed by atoms with Crippen LogP contribution in [0.5, 0.6) is 0 Å². The first-order chi connectivity index (χ1) is 41.0. The number of hydrogen-bond acceptors (Lipinski definition) is 6. The SMILES string of the molecule is CCCCCCCCCC/C=C\CCCCCCCCCCCCCCCCCCCC(=O)OCC(COC(=O)CCCCCCCCCCCC)OC(=O)CCCCCCCCCCCCCCCCCCCCCCCCCCCC. The summed E-state index contributed by atoms with van der Waals surface area (Å²) in [5.74, 6) is -0.826. The van der Waals surface area contributed by atoms with Crippen LogP contribution >= 0.6 is 0 Å². The van der Waals surface area contributed by atoms with Crippen LogP contribution in [0.25, 0.3) is 0 Å². The van der Waals surface area contributed by atoms with Crippen LogP contribution < -0.4 is 0 Å². The van der Waals surface area contributed by atoms with E-state index in [2.05, 4.69) is 32.9 Å². The maximum absolute atomic E-state index is 13.0. The minimum absolute atomic E-state index is 0.0621. The molecule has 0 spiro atoms. The molecule has 0 aromatic rings. The lowest BCUT2D eigenvalue weighted by atomic mass is 10.0. The molecule has 6 nitrogen and oxygen atoms in total. The van der Waals surface area contributed by atoms with E-state index in [1.54, 1.807) is 0 Å². The number of carbonyl (C=O) groups excluding carboxylic acids is 3. The van der Waals surface area contributed by atoms with Crippen LogP contribution in [0.3, 0.4) is 0 Å². The molecule has 0 aliphatic heterocycles. The highest BCUT2D eigenvalue weighted by atomic mass is 16.6. The fraction of sp³-hybridized carbons (Fsp3) is 0.935. The summed E-state index contributed by atoms with van der Waals surface area (Å²) in [6.45, 7) is 6.72. The van der Waals surface area contributed by atoms with Gasteiger partial charge in [0.05, 0.1) is 0 Å². The Balaban J connectivity index is 4.07. The molecule has 0 saturated heterocycles. The second kappa shape index (κ2) is 72.6. The van der Waals surface area contributed by atoms with Gasteiger partial charge in [-0.05, 0) is 44.9 Å². The summed E-state index contributed by atoms with van der Waals surface area (Å²) in [6.07, 6.45) is 88.5. The van der Waals surface area contributed by atoms with Crippen molar-refractivity contribution in [1.82, 2.24) is 0 Å². The van der Waals surface area contributed by atoms with Gasteiger partial charge in [-0.2, -0.15) is 0 Å². The van der Waals surface area contributed by atoms with Gasteiger partial charge in [0.1, 0.15) is 13.2 Å². The van der Waals surface area contributed by atoms with Crippen LogP contribution in [0.2, 0.25) is 0 Å². The third kappa shape index (κ3) is 70.8. The van der Waals surface area contributed by atoms with Crippen LogP contribution in [0.4, 0.5) is 0 Å². The summed E-state index contributed by atoms with van der Waals surface area (Å²) in [4.78, 5) is 38.4. The van der Waals surface area contributed by atoms with Crippen LogP contribution in [0.15, 0.2) is 12.2 Å². The van der Waals surface area contributed by atoms with Gasteiger partial charge in [0.2, 0.25) is 0 Å². The second-order valence-corrected chi connectivity index (χ2v) is 26.3. The Morgan fingerprint density at radius 2 is 0.398 bits per heavy atom. The number of carbonyl (C=O) groups is 3. The van der Waals surface area contributed by atoms with E-state index >= 15 is 0 Å². The highest BCUT2D eigenvalue weighted by molar-refractivity contribution is 5.71. The van der Waals surface area contributed by atoms with Crippen molar-refractivity contribution in [3.8, 4) is 0 Å². The molecule has 0 bridgehead atoms. The summed E-state index contributed by atoms with van der Waals surface area (Å²) in [6, 6.07) is 0. The maximum atomic E-state index is 13.0. The van der Waals surface area contributed by atoms with Crippen molar-refractivity contribution in [2.45, 2.75) is 451 Å². The minimum atomic E-state index is -0.765. The highest BCUT2D eigenvalue weighted by Gasteiger charge is 2.20. The van der Waals surface area contributed by atoms with E-state index in [1.165, 1.54) is 347 Å². The number of rotatable bonds is 72. The van der Waals surface area contributed by atoms with Crippen molar-refractivity contribution in [2.75, 3.05) is 13.2 Å². The zero-order valence-corrected chi connectivity index (χ0v) is 56.8. The largest absolute Gasteiger partial charge is 0.462 e. The Morgan fingerprint density at radius 1 is 0.229 bits per heavy atom. The van der Waals surface area contributed by atoms with E-state index in [0.717, 1.165) is 57.8 Å². The van der Waals surface area contributed by atoms with Crippen molar-refractivity contribution in [2.24, 2.45) is 0 Å². The predicted octanol–water partition coefficient (Wildman–Crippen LogP) is 26.3. The van der Waals surface area contributed by atoms with Gasteiger partial charge in [-0.15, -0.1) is 0 Å². The van der Waals surface area contributed by atoms with E-state index in [9.17, 15) is 14.4 Å². The third-order valence-corrected chi connectivity index (χ3v) is 17.8. The van der Waals surface area contributed by atoms with Gasteiger partial charge in [-0.25, -0.2) is 0 Å². The minimum Gasteiger partial charge on any atom is -0.462 e. The average Bonchev–Trinajstić information content (AvgIpc) is 3.49. The van der Waals surface area contributed by atoms with Crippen LogP contribution in [0, 0.1) is 0 Å². The van der Waals surface area contributed by atoms with Crippen LogP contribution in [-0.2, 0) is 28.6 Å². The molecule has 492 valence electrons. The summed E-state index contributed by atoms with van der Waals surface area (Å²) in [5, 5.41) is 0. The number of unbranched alkanes of at least 4 members (excludes halogenated alkanes) is 59. The molecule has 0 aromatic carbocycles. The third-order valence-electron chi connectivity index (χ3n) is 17.8. The molecule has 6 heteroatoms. The fourth-order valence-electron chi connectivity index (χ4n) is 12.0. The molecule has 1 unspecified atom stereocenters. The van der Waals surface area contributed by atoms with E-state index in [-0.39, 0.29) is 31.1 Å². The van der Waals surface area contributed by atoms with Gasteiger partial charge in [0.25, 0.3) is 0 Å². The summed E-state index contributed by atoms with van der Waals surface area (Å²) < 4.78 is 17.0. The molecule has 0 amide bonds. The quantitative estimate of drug-likeness (QED) is 0.0261. The standard InChI is InChI=1S/C77H148O6/c1-4-7-10-13-16-19-22-24-26-28-30-32-34-36-38-39-40-42-43-45-47-49-51-53-55-58-61-64-67-70-76(79)82-73-74(72-81-75(78)69-66-63-60-57-21-18-15-12-9-6-3)83-77(80)71-68-65-62-59-56-54-52-50-48-46-44-41-37-35-33-31-29-27-25-23-20-17-14-11-8-5-2/h28,30,74H,4-27,29,31-73H2,1-3H3/b30-28-. The van der Waals surface area contributed by atoms with Gasteiger partial charge in [0.15, 0.2) is 6.10 Å². The highest BCUT2D eigenvalue weighted by Crippen LogP contribution is 2.20. The van der Waals surface area contributed by atoms with Crippen LogP contribution in [-0.4, -0.2) is 37.2 Å². The topological polar surface area (TPSA) is 78.9 Å². The Bertz CT molecular complexity index is 1300. The van der Waals surface area contributed by atoms with E-state index in [1.807, 2.05) is 0 Å². The number of allylic oxidation sites excluding steroid dienone is 2. The number of hydrogen-bond donors (Lipinski definition) is 0. The molecule has 0 saturated carbocycles. The second-order valence-electron chi connectivity index (χ2n) is 26.3. The Morgan fingerprint density at radius 3 is 0.602 bits per heavy atom. The number of ether oxygens (including phenoxy) is 3.